The molecule has 0 aliphatic carbocycles. The highest BCUT2D eigenvalue weighted by molar-refractivity contribution is 6.23. The molecule has 172 valence electrons. The maximum Gasteiger partial charge on any atom is 0.328 e. The molecule has 0 spiro atoms. The first-order valence-electron chi connectivity index (χ1n) is 10.2. The van der Waals surface area contributed by atoms with E-state index in [4.69, 9.17) is 14.6 Å². The molecule has 0 saturated carbocycles. The van der Waals surface area contributed by atoms with Crippen molar-refractivity contribution in [1.82, 2.24) is 4.90 Å². The molecule has 1 saturated heterocycles. The topological polar surface area (TPSA) is 113 Å². The van der Waals surface area contributed by atoms with E-state index in [1.165, 1.54) is 19.1 Å². The van der Waals surface area contributed by atoms with Crippen LogP contribution in [0.3, 0.4) is 0 Å². The van der Waals surface area contributed by atoms with Gasteiger partial charge < -0.3 is 19.5 Å². The number of rotatable bonds is 9. The van der Waals surface area contributed by atoms with Gasteiger partial charge in [-0.05, 0) is 36.2 Å². The molecule has 0 aromatic heterocycles. The van der Waals surface area contributed by atoms with Crippen LogP contribution >= 0.6 is 0 Å². The second-order valence-electron chi connectivity index (χ2n) is 7.27. The molecule has 0 unspecified atom stereocenters. The number of carboxylic acid groups (broad SMARTS) is 1. The van der Waals surface area contributed by atoms with Crippen LogP contribution in [0.25, 0.3) is 0 Å². The highest BCUT2D eigenvalue weighted by atomic mass is 16.5. The monoisotopic (exact) mass is 452 g/mol. The summed E-state index contributed by atoms with van der Waals surface area (Å²) in [6.45, 7) is 0.0879. The van der Waals surface area contributed by atoms with E-state index < -0.39 is 29.7 Å². The van der Waals surface area contributed by atoms with Crippen LogP contribution in [0.5, 0.6) is 11.5 Å². The van der Waals surface area contributed by atoms with Crippen LogP contribution in [-0.4, -0.2) is 60.5 Å². The van der Waals surface area contributed by atoms with Gasteiger partial charge in [-0.3, -0.25) is 14.4 Å². The van der Waals surface area contributed by atoms with E-state index in [1.54, 1.807) is 48.5 Å². The molecule has 1 fully saturated rings. The molecule has 33 heavy (non-hydrogen) atoms. The molecular formula is C24H24N2O7. The fraction of sp³-hybridized carbons (Fsp3) is 0.250. The zero-order valence-corrected chi connectivity index (χ0v) is 18.3. The molecule has 1 aliphatic heterocycles. The van der Waals surface area contributed by atoms with Gasteiger partial charge in [0.05, 0.1) is 26.3 Å². The minimum atomic E-state index is -1.29. The summed E-state index contributed by atoms with van der Waals surface area (Å²) in [6.07, 6.45) is 1.75. The molecule has 1 N–H and O–H groups in total. The number of amides is 3. The van der Waals surface area contributed by atoms with Gasteiger partial charge >= 0.3 is 5.97 Å². The third kappa shape index (κ3) is 5.38. The maximum absolute atomic E-state index is 13.1. The van der Waals surface area contributed by atoms with Gasteiger partial charge in [-0.2, -0.15) is 0 Å². The minimum absolute atomic E-state index is 0.0879. The number of hydrogen-bond donors (Lipinski definition) is 1. The molecule has 0 bridgehead atoms. The number of benzene rings is 2. The van der Waals surface area contributed by atoms with Gasteiger partial charge in [-0.25, -0.2) is 9.69 Å². The predicted molar refractivity (Wildman–Crippen MR) is 119 cm³/mol. The molecule has 1 aliphatic rings. The Morgan fingerprint density at radius 3 is 2.39 bits per heavy atom. The Morgan fingerprint density at radius 2 is 1.76 bits per heavy atom. The van der Waals surface area contributed by atoms with Crippen LogP contribution in [0.15, 0.2) is 60.7 Å². The highest BCUT2D eigenvalue weighted by Gasteiger charge is 2.43. The fourth-order valence-corrected chi connectivity index (χ4v) is 3.65. The Labute approximate surface area is 190 Å². The van der Waals surface area contributed by atoms with Crippen LogP contribution in [0.1, 0.15) is 12.0 Å². The average molecular weight is 452 g/mol. The minimum Gasteiger partial charge on any atom is -0.493 e. The normalized spacial score (nSPS) is 15.7. The Morgan fingerprint density at radius 1 is 1.06 bits per heavy atom. The van der Waals surface area contributed by atoms with Crippen LogP contribution in [0.2, 0.25) is 0 Å². The maximum atomic E-state index is 13.1. The van der Waals surface area contributed by atoms with Crippen LogP contribution in [0, 0.1) is 0 Å². The number of methoxy groups -OCH3 is 2. The van der Waals surface area contributed by atoms with Gasteiger partial charge in [0.2, 0.25) is 11.8 Å². The summed E-state index contributed by atoms with van der Waals surface area (Å²) in [5.74, 6) is -1.85. The molecule has 9 nitrogen and oxygen atoms in total. The Bertz CT molecular complexity index is 1080. The van der Waals surface area contributed by atoms with Gasteiger partial charge in [-0.1, -0.05) is 24.3 Å². The van der Waals surface area contributed by atoms with Crippen molar-refractivity contribution < 1.29 is 33.8 Å². The number of imide groups is 1. The predicted octanol–water partition coefficient (Wildman–Crippen LogP) is 2.05. The Kier molecular flexibility index (Phi) is 7.45. The lowest BCUT2D eigenvalue weighted by atomic mass is 10.1. The van der Waals surface area contributed by atoms with E-state index in [1.807, 2.05) is 0 Å². The zero-order valence-electron chi connectivity index (χ0n) is 18.3. The fourth-order valence-electron chi connectivity index (χ4n) is 3.65. The van der Waals surface area contributed by atoms with Gasteiger partial charge in [0.25, 0.3) is 5.91 Å². The van der Waals surface area contributed by atoms with E-state index in [0.29, 0.717) is 29.7 Å². The summed E-state index contributed by atoms with van der Waals surface area (Å²) in [5.41, 5.74) is 1.23. The summed E-state index contributed by atoms with van der Waals surface area (Å²) >= 11 is 0. The Balaban J connectivity index is 1.86. The number of aliphatic carboxylic acids is 1. The van der Waals surface area contributed by atoms with Gasteiger partial charge in [0, 0.05) is 18.7 Å². The number of hydrogen-bond acceptors (Lipinski definition) is 6. The number of nitrogens with zero attached hydrogens (tertiary/aromatic N) is 2. The molecule has 3 rings (SSSR count). The molecule has 3 amide bonds. The van der Waals surface area contributed by atoms with Gasteiger partial charge in [0.1, 0.15) is 6.04 Å². The van der Waals surface area contributed by atoms with E-state index in [2.05, 4.69) is 0 Å². The first-order chi connectivity index (χ1) is 15.8. The summed E-state index contributed by atoms with van der Waals surface area (Å²) in [4.78, 5) is 51.8. The molecule has 9 heteroatoms. The smallest absolute Gasteiger partial charge is 0.328 e. The zero-order chi connectivity index (χ0) is 24.0. The first-order valence-corrected chi connectivity index (χ1v) is 10.2. The van der Waals surface area contributed by atoms with Crippen LogP contribution in [-0.2, 0) is 25.6 Å². The van der Waals surface area contributed by atoms with Crippen molar-refractivity contribution in [2.75, 3.05) is 25.7 Å². The quantitative estimate of drug-likeness (QED) is 0.458. The number of para-hydroxylation sites is 1. The third-order valence-electron chi connectivity index (χ3n) is 5.25. The SMILES string of the molecule is COc1ccc(CCN(C(=O)/C=C/C(=O)O)[C@H]2CC(=O)N(c3ccccc3)C2=O)cc1OC. The summed E-state index contributed by atoms with van der Waals surface area (Å²) in [5, 5.41) is 8.90. The molecule has 1 heterocycles. The average Bonchev–Trinajstić information content (AvgIpc) is 3.11. The van der Waals surface area contributed by atoms with Crippen LogP contribution in [0.4, 0.5) is 5.69 Å². The third-order valence-corrected chi connectivity index (χ3v) is 5.25. The number of carboxylic acids is 1. The molecular weight excluding hydrogens is 428 g/mol. The van der Waals surface area contributed by atoms with Crippen molar-refractivity contribution in [3.8, 4) is 11.5 Å². The second kappa shape index (κ2) is 10.4. The van der Waals surface area contributed by atoms with E-state index >= 15 is 0 Å². The lowest BCUT2D eigenvalue weighted by Crippen LogP contribution is -2.45. The van der Waals surface area contributed by atoms with Crippen molar-refractivity contribution in [3.63, 3.8) is 0 Å². The van der Waals surface area contributed by atoms with E-state index in [-0.39, 0.29) is 13.0 Å². The summed E-state index contributed by atoms with van der Waals surface area (Å²) < 4.78 is 10.5. The number of anilines is 1. The Hall–Kier alpha value is -4.14. The van der Waals surface area contributed by atoms with Crippen LogP contribution < -0.4 is 14.4 Å². The lowest BCUT2D eigenvalue weighted by Gasteiger charge is -2.26. The van der Waals surface area contributed by atoms with Crippen molar-refractivity contribution in [3.05, 3.63) is 66.2 Å². The molecule has 2 aromatic carbocycles. The number of carbonyl (C=O) groups excluding carboxylic acids is 3. The van der Waals surface area contributed by atoms with Gasteiger partial charge in [-0.15, -0.1) is 0 Å². The van der Waals surface area contributed by atoms with E-state index in [9.17, 15) is 19.2 Å². The largest absolute Gasteiger partial charge is 0.493 e. The van der Waals surface area contributed by atoms with E-state index in [0.717, 1.165) is 16.5 Å². The van der Waals surface area contributed by atoms with Crippen molar-refractivity contribution >= 4 is 29.4 Å². The second-order valence-corrected chi connectivity index (χ2v) is 7.27. The molecule has 2 aromatic rings. The van der Waals surface area contributed by atoms with Crippen molar-refractivity contribution in [2.45, 2.75) is 18.9 Å². The number of ether oxygens (including phenoxy) is 2. The summed E-state index contributed by atoms with van der Waals surface area (Å²) in [6, 6.07) is 12.7. The summed E-state index contributed by atoms with van der Waals surface area (Å²) in [7, 11) is 3.03. The number of carbonyl (C=O) groups is 4. The standard InChI is InChI=1S/C24H24N2O7/c1-32-19-9-8-16(14-20(19)33-2)12-13-25(21(27)10-11-23(29)30)18-15-22(28)26(24(18)31)17-6-4-3-5-7-17/h3-11,14,18H,12-13,15H2,1-2H3,(H,29,30)/b11-10+/t18-/m0/s1. The highest BCUT2D eigenvalue weighted by Crippen LogP contribution is 2.29. The van der Waals surface area contributed by atoms with Gasteiger partial charge in [0.15, 0.2) is 11.5 Å². The van der Waals surface area contributed by atoms with Crippen molar-refractivity contribution in [2.24, 2.45) is 0 Å². The molecule has 0 radical (unpaired) electrons. The lowest BCUT2D eigenvalue weighted by molar-refractivity contribution is -0.135. The first kappa shape index (κ1) is 23.5. The van der Waals surface area contributed by atoms with Crippen molar-refractivity contribution in [1.29, 1.82) is 0 Å². The molecule has 1 atom stereocenters.